The van der Waals surface area contributed by atoms with E-state index in [9.17, 15) is 5.11 Å². The van der Waals surface area contributed by atoms with Crippen molar-refractivity contribution in [3.8, 4) is 5.75 Å². The molecule has 0 fully saturated rings. The van der Waals surface area contributed by atoms with Crippen molar-refractivity contribution in [3.05, 3.63) is 28.8 Å². The van der Waals surface area contributed by atoms with Gasteiger partial charge in [0.15, 0.2) is 0 Å². The lowest BCUT2D eigenvalue weighted by Crippen LogP contribution is -2.14. The van der Waals surface area contributed by atoms with Gasteiger partial charge in [-0.05, 0) is 50.5 Å². The summed E-state index contributed by atoms with van der Waals surface area (Å²) in [6.07, 6.45) is -0.451. The molecule has 3 heteroatoms. The van der Waals surface area contributed by atoms with E-state index in [0.29, 0.717) is 6.61 Å². The van der Waals surface area contributed by atoms with Crippen molar-refractivity contribution in [1.29, 1.82) is 0 Å². The molecule has 0 saturated heterocycles. The number of nitrogens with two attached hydrogens (primary N) is 1. The predicted molar refractivity (Wildman–Crippen MR) is 65.7 cm³/mol. The van der Waals surface area contributed by atoms with Gasteiger partial charge in [-0.1, -0.05) is 6.07 Å². The maximum atomic E-state index is 9.17. The minimum Gasteiger partial charge on any atom is -0.491 e. The van der Waals surface area contributed by atoms with Gasteiger partial charge in [0, 0.05) is 6.04 Å². The van der Waals surface area contributed by atoms with Gasteiger partial charge in [0.05, 0.1) is 6.10 Å². The lowest BCUT2D eigenvalue weighted by Gasteiger charge is -2.17. The van der Waals surface area contributed by atoms with Crippen LogP contribution in [0, 0.1) is 13.8 Å². The van der Waals surface area contributed by atoms with Gasteiger partial charge < -0.3 is 15.6 Å². The maximum absolute atomic E-state index is 9.17. The molecule has 16 heavy (non-hydrogen) atoms. The van der Waals surface area contributed by atoms with Crippen LogP contribution in [0.15, 0.2) is 12.1 Å². The number of aliphatic hydroxyl groups is 1. The molecule has 90 valence electrons. The van der Waals surface area contributed by atoms with Crippen LogP contribution in [-0.4, -0.2) is 17.8 Å². The molecule has 1 aromatic carbocycles. The van der Waals surface area contributed by atoms with E-state index in [0.717, 1.165) is 22.4 Å². The van der Waals surface area contributed by atoms with Crippen LogP contribution in [0.1, 0.15) is 36.6 Å². The topological polar surface area (TPSA) is 55.5 Å². The van der Waals surface area contributed by atoms with E-state index in [-0.39, 0.29) is 6.04 Å². The van der Waals surface area contributed by atoms with Crippen LogP contribution in [-0.2, 0) is 0 Å². The molecular formula is C13H21NO2. The molecule has 1 unspecified atom stereocenters. The molecule has 3 nitrogen and oxygen atoms in total. The van der Waals surface area contributed by atoms with Crippen molar-refractivity contribution in [2.24, 2.45) is 5.73 Å². The van der Waals surface area contributed by atoms with Crippen LogP contribution in [0.25, 0.3) is 0 Å². The summed E-state index contributed by atoms with van der Waals surface area (Å²) < 4.78 is 5.52. The van der Waals surface area contributed by atoms with Crippen molar-refractivity contribution in [1.82, 2.24) is 0 Å². The number of ether oxygens (including phenoxy) is 1. The zero-order valence-electron chi connectivity index (χ0n) is 10.4. The van der Waals surface area contributed by atoms with Crippen LogP contribution in [0.3, 0.4) is 0 Å². The summed E-state index contributed by atoms with van der Waals surface area (Å²) in [6, 6.07) is 3.94. The van der Waals surface area contributed by atoms with Crippen molar-refractivity contribution >= 4 is 0 Å². The molecule has 0 amide bonds. The van der Waals surface area contributed by atoms with Crippen LogP contribution in [0.4, 0.5) is 0 Å². The molecule has 0 spiro atoms. The number of hydrogen-bond donors (Lipinski definition) is 2. The standard InChI is InChI=1S/C13H21NO2/c1-8(15)7-16-13-6-5-12(11(4)14)9(2)10(13)3/h5-6,8,11,15H,7,14H2,1-4H3/t8?,11-/m0/s1. The Morgan fingerprint density at radius 1 is 1.25 bits per heavy atom. The number of benzene rings is 1. The van der Waals surface area contributed by atoms with Gasteiger partial charge in [0.2, 0.25) is 0 Å². The van der Waals surface area contributed by atoms with E-state index in [2.05, 4.69) is 0 Å². The van der Waals surface area contributed by atoms with Gasteiger partial charge >= 0.3 is 0 Å². The number of aliphatic hydroxyl groups excluding tert-OH is 1. The summed E-state index contributed by atoms with van der Waals surface area (Å²) in [6.45, 7) is 8.05. The smallest absolute Gasteiger partial charge is 0.122 e. The van der Waals surface area contributed by atoms with Gasteiger partial charge in [0.25, 0.3) is 0 Å². The van der Waals surface area contributed by atoms with Crippen molar-refractivity contribution in [2.75, 3.05) is 6.61 Å². The Bertz CT molecular complexity index is 359. The van der Waals surface area contributed by atoms with Crippen LogP contribution < -0.4 is 10.5 Å². The Labute approximate surface area is 97.2 Å². The molecule has 1 aromatic rings. The minimum absolute atomic E-state index is 0.0320. The highest BCUT2D eigenvalue weighted by molar-refractivity contribution is 5.44. The molecule has 0 radical (unpaired) electrons. The van der Waals surface area contributed by atoms with Crippen molar-refractivity contribution < 1.29 is 9.84 Å². The molecule has 0 aliphatic rings. The molecule has 0 bridgehead atoms. The van der Waals surface area contributed by atoms with E-state index in [4.69, 9.17) is 10.5 Å². The first kappa shape index (κ1) is 13.0. The fourth-order valence-corrected chi connectivity index (χ4v) is 1.68. The predicted octanol–water partition coefficient (Wildman–Crippen LogP) is 2.08. The second kappa shape index (κ2) is 5.32. The highest BCUT2D eigenvalue weighted by Gasteiger charge is 2.10. The molecule has 3 N–H and O–H groups in total. The third-order valence-electron chi connectivity index (χ3n) is 2.75. The van der Waals surface area contributed by atoms with E-state index < -0.39 is 6.10 Å². The summed E-state index contributed by atoms with van der Waals surface area (Å²) in [7, 11) is 0. The Hall–Kier alpha value is -1.06. The summed E-state index contributed by atoms with van der Waals surface area (Å²) in [5.74, 6) is 0.822. The first-order valence-electron chi connectivity index (χ1n) is 5.60. The Morgan fingerprint density at radius 2 is 1.88 bits per heavy atom. The van der Waals surface area contributed by atoms with E-state index in [1.54, 1.807) is 6.92 Å². The van der Waals surface area contributed by atoms with Crippen molar-refractivity contribution in [2.45, 2.75) is 39.8 Å². The van der Waals surface area contributed by atoms with Gasteiger partial charge in [-0.25, -0.2) is 0 Å². The summed E-state index contributed by atoms with van der Waals surface area (Å²) in [5.41, 5.74) is 9.27. The SMILES string of the molecule is Cc1c(OCC(C)O)ccc([C@H](C)N)c1C. The lowest BCUT2D eigenvalue weighted by atomic mass is 9.98. The Balaban J connectivity index is 2.93. The molecule has 0 aliphatic heterocycles. The maximum Gasteiger partial charge on any atom is 0.122 e. The van der Waals surface area contributed by atoms with Gasteiger partial charge in [-0.2, -0.15) is 0 Å². The van der Waals surface area contributed by atoms with E-state index in [1.807, 2.05) is 32.9 Å². The van der Waals surface area contributed by atoms with E-state index >= 15 is 0 Å². The monoisotopic (exact) mass is 223 g/mol. The van der Waals surface area contributed by atoms with E-state index in [1.165, 1.54) is 0 Å². The average Bonchev–Trinajstić information content (AvgIpc) is 2.19. The van der Waals surface area contributed by atoms with Crippen LogP contribution in [0.2, 0.25) is 0 Å². The minimum atomic E-state index is -0.451. The zero-order valence-corrected chi connectivity index (χ0v) is 10.4. The summed E-state index contributed by atoms with van der Waals surface area (Å²) >= 11 is 0. The molecular weight excluding hydrogens is 202 g/mol. The first-order valence-corrected chi connectivity index (χ1v) is 5.60. The first-order chi connectivity index (χ1) is 7.43. The van der Waals surface area contributed by atoms with Gasteiger partial charge in [-0.3, -0.25) is 0 Å². The quantitative estimate of drug-likeness (QED) is 0.821. The molecule has 0 saturated carbocycles. The molecule has 2 atom stereocenters. The summed E-state index contributed by atoms with van der Waals surface area (Å²) in [5, 5.41) is 9.17. The lowest BCUT2D eigenvalue weighted by molar-refractivity contribution is 0.122. The van der Waals surface area contributed by atoms with Gasteiger partial charge in [-0.15, -0.1) is 0 Å². The Kier molecular flexibility index (Phi) is 4.33. The zero-order chi connectivity index (χ0) is 12.3. The normalized spacial score (nSPS) is 14.6. The molecule has 0 heterocycles. The second-order valence-corrected chi connectivity index (χ2v) is 4.35. The highest BCUT2D eigenvalue weighted by atomic mass is 16.5. The number of rotatable bonds is 4. The molecule has 0 aliphatic carbocycles. The average molecular weight is 223 g/mol. The highest BCUT2D eigenvalue weighted by Crippen LogP contribution is 2.27. The van der Waals surface area contributed by atoms with Gasteiger partial charge in [0.1, 0.15) is 12.4 Å². The Morgan fingerprint density at radius 3 is 2.38 bits per heavy atom. The summed E-state index contributed by atoms with van der Waals surface area (Å²) in [4.78, 5) is 0. The van der Waals surface area contributed by atoms with Crippen LogP contribution >= 0.6 is 0 Å². The van der Waals surface area contributed by atoms with Crippen LogP contribution in [0.5, 0.6) is 5.75 Å². The molecule has 1 rings (SSSR count). The van der Waals surface area contributed by atoms with Crippen molar-refractivity contribution in [3.63, 3.8) is 0 Å². The third-order valence-corrected chi connectivity index (χ3v) is 2.75. The largest absolute Gasteiger partial charge is 0.491 e. The second-order valence-electron chi connectivity index (χ2n) is 4.35. The third kappa shape index (κ3) is 2.97. The molecule has 0 aromatic heterocycles. The number of hydrogen-bond acceptors (Lipinski definition) is 3. The fraction of sp³-hybridized carbons (Fsp3) is 0.538. The fourth-order valence-electron chi connectivity index (χ4n) is 1.68.